The smallest absolute Gasteiger partial charge is 0.188 e. The van der Waals surface area contributed by atoms with Crippen molar-refractivity contribution in [2.75, 3.05) is 0 Å². The molecule has 0 atom stereocenters. The van der Waals surface area contributed by atoms with Crippen LogP contribution in [0.2, 0.25) is 0 Å². The van der Waals surface area contributed by atoms with E-state index in [0.29, 0.717) is 11.5 Å². The lowest BCUT2D eigenvalue weighted by molar-refractivity contribution is 0.418. The molecule has 0 N–H and O–H groups in total. The second-order valence-electron chi connectivity index (χ2n) is 14.6. The zero-order valence-corrected chi connectivity index (χ0v) is 30.4. The van der Waals surface area contributed by atoms with E-state index in [4.69, 9.17) is 21.3 Å². The van der Waals surface area contributed by atoms with Crippen LogP contribution in [0.15, 0.2) is 170 Å². The molecule has 5 heteroatoms. The molecule has 0 spiro atoms. The predicted octanol–water partition coefficient (Wildman–Crippen LogP) is 13.2. The van der Waals surface area contributed by atoms with Crippen LogP contribution in [0.5, 0.6) is 11.5 Å². The number of benzene rings is 7. The summed E-state index contributed by atoms with van der Waals surface area (Å²) >= 11 is 0. The zero-order chi connectivity index (χ0) is 37.1. The summed E-state index contributed by atoms with van der Waals surface area (Å²) < 4.78 is 8.89. The molecule has 1 aliphatic rings. The second-order valence-corrected chi connectivity index (χ2v) is 14.6. The maximum atomic E-state index is 7.70. The van der Waals surface area contributed by atoms with Crippen molar-refractivity contribution < 1.29 is 4.74 Å². The summed E-state index contributed by atoms with van der Waals surface area (Å²) in [7, 11) is 0. The Hall–Kier alpha value is -7.29. The molecule has 7 aromatic carbocycles. The van der Waals surface area contributed by atoms with Crippen LogP contribution in [0.1, 0.15) is 25.0 Å². The Morgan fingerprint density at radius 3 is 1.64 bits per heavy atom. The van der Waals surface area contributed by atoms with Crippen molar-refractivity contribution in [3.05, 3.63) is 192 Å². The molecular weight excluding hydrogens is 673 g/mol. The quantitative estimate of drug-likeness (QED) is 0.167. The molecule has 0 fully saturated rings. The highest BCUT2D eigenvalue weighted by molar-refractivity contribution is 6.11. The van der Waals surface area contributed by atoms with Crippen LogP contribution in [0.3, 0.4) is 0 Å². The van der Waals surface area contributed by atoms with E-state index in [2.05, 4.69) is 139 Å². The minimum Gasteiger partial charge on any atom is -0.457 e. The summed E-state index contributed by atoms with van der Waals surface area (Å²) in [5.74, 6) is 2.36. The average molecular weight is 707 g/mol. The normalized spacial score (nSPS) is 12.8. The Kier molecular flexibility index (Phi) is 7.47. The van der Waals surface area contributed by atoms with E-state index in [1.807, 2.05) is 54.6 Å². The number of nitrogens with zero attached hydrogens (tertiary/aromatic N) is 4. The highest BCUT2D eigenvalue weighted by Crippen LogP contribution is 2.50. The molecule has 10 rings (SSSR count). The van der Waals surface area contributed by atoms with Gasteiger partial charge < -0.3 is 9.30 Å². The van der Waals surface area contributed by atoms with Crippen molar-refractivity contribution in [1.29, 1.82) is 0 Å². The number of fused-ring (bicyclic) bond motifs is 5. The van der Waals surface area contributed by atoms with E-state index in [9.17, 15) is 0 Å². The lowest BCUT2D eigenvalue weighted by atomic mass is 9.74. The Balaban J connectivity index is 1.07. The van der Waals surface area contributed by atoms with E-state index in [1.54, 1.807) is 0 Å². The first-order valence-electron chi connectivity index (χ1n) is 18.4. The lowest BCUT2D eigenvalue weighted by Crippen LogP contribution is -2.24. The molecule has 1 aliphatic heterocycles. The molecule has 0 aliphatic carbocycles. The first-order chi connectivity index (χ1) is 26.9. The third-order valence-corrected chi connectivity index (χ3v) is 10.9. The van der Waals surface area contributed by atoms with Crippen LogP contribution < -0.4 is 4.74 Å². The van der Waals surface area contributed by atoms with Crippen molar-refractivity contribution >= 4 is 27.5 Å². The van der Waals surface area contributed by atoms with Crippen molar-refractivity contribution in [3.8, 4) is 62.2 Å². The highest BCUT2D eigenvalue weighted by Gasteiger charge is 2.35. The van der Waals surface area contributed by atoms with E-state index >= 15 is 0 Å². The molecule has 55 heavy (non-hydrogen) atoms. The van der Waals surface area contributed by atoms with Crippen molar-refractivity contribution in [2.24, 2.45) is 0 Å². The predicted molar refractivity (Wildman–Crippen MR) is 223 cm³/mol. The van der Waals surface area contributed by atoms with Crippen molar-refractivity contribution in [3.63, 3.8) is 0 Å². The molecule has 0 bridgehead atoms. The monoisotopic (exact) mass is 706 g/mol. The fourth-order valence-corrected chi connectivity index (χ4v) is 8.00. The van der Waals surface area contributed by atoms with Crippen LogP contribution in [0, 0.1) is 6.57 Å². The summed E-state index contributed by atoms with van der Waals surface area (Å²) in [5, 5.41) is 2.17. The van der Waals surface area contributed by atoms with Crippen molar-refractivity contribution in [2.45, 2.75) is 19.3 Å². The van der Waals surface area contributed by atoms with Crippen LogP contribution in [0.4, 0.5) is 5.69 Å². The van der Waals surface area contributed by atoms with E-state index in [1.165, 1.54) is 0 Å². The van der Waals surface area contributed by atoms with Gasteiger partial charge in [-0.05, 0) is 89.3 Å². The van der Waals surface area contributed by atoms with E-state index < -0.39 is 0 Å². The number of para-hydroxylation sites is 1. The first-order valence-corrected chi connectivity index (χ1v) is 18.4. The number of ether oxygens (including phenoxy) is 1. The van der Waals surface area contributed by atoms with Crippen LogP contribution >= 0.6 is 0 Å². The molecule has 0 saturated heterocycles. The molecule has 3 heterocycles. The van der Waals surface area contributed by atoms with Gasteiger partial charge in [-0.3, -0.25) is 0 Å². The third-order valence-electron chi connectivity index (χ3n) is 10.9. The Morgan fingerprint density at radius 1 is 0.509 bits per heavy atom. The van der Waals surface area contributed by atoms with Crippen LogP contribution in [-0.2, 0) is 5.41 Å². The second kappa shape index (κ2) is 12.7. The number of rotatable bonds is 5. The van der Waals surface area contributed by atoms with Gasteiger partial charge in [0.1, 0.15) is 11.5 Å². The fourth-order valence-electron chi connectivity index (χ4n) is 8.00. The van der Waals surface area contributed by atoms with E-state index in [-0.39, 0.29) is 5.41 Å². The molecular formula is C50H34N4O. The molecule has 0 unspecified atom stereocenters. The average Bonchev–Trinajstić information content (AvgIpc) is 3.57. The largest absolute Gasteiger partial charge is 0.457 e. The molecule has 0 radical (unpaired) electrons. The molecule has 0 saturated carbocycles. The summed E-state index contributed by atoms with van der Waals surface area (Å²) in [4.78, 5) is 14.0. The maximum absolute atomic E-state index is 7.70. The lowest BCUT2D eigenvalue weighted by Gasteiger charge is -2.35. The fraction of sp³-hybridized carbons (Fsp3) is 0.0600. The van der Waals surface area contributed by atoms with Gasteiger partial charge in [-0.2, -0.15) is 0 Å². The Morgan fingerprint density at radius 2 is 1.02 bits per heavy atom. The molecule has 260 valence electrons. The number of hydrogen-bond acceptors (Lipinski definition) is 3. The van der Waals surface area contributed by atoms with Gasteiger partial charge in [0.2, 0.25) is 0 Å². The highest BCUT2D eigenvalue weighted by atomic mass is 16.5. The van der Waals surface area contributed by atoms with Gasteiger partial charge in [0.05, 0.1) is 29.0 Å². The summed E-state index contributed by atoms with van der Waals surface area (Å²) in [5.41, 5.74) is 12.7. The topological polar surface area (TPSA) is 44.3 Å². The molecule has 5 nitrogen and oxygen atoms in total. The summed E-state index contributed by atoms with van der Waals surface area (Å²) in [6.07, 6.45) is 0. The van der Waals surface area contributed by atoms with Gasteiger partial charge in [-0.1, -0.05) is 111 Å². The van der Waals surface area contributed by atoms with Crippen molar-refractivity contribution in [1.82, 2.24) is 14.5 Å². The summed E-state index contributed by atoms with van der Waals surface area (Å²) in [6.45, 7) is 12.2. The van der Waals surface area contributed by atoms with Crippen LogP contribution in [0.25, 0.3) is 77.4 Å². The van der Waals surface area contributed by atoms with Crippen LogP contribution in [-0.4, -0.2) is 14.5 Å². The maximum Gasteiger partial charge on any atom is 0.188 e. The van der Waals surface area contributed by atoms with Gasteiger partial charge in [0, 0.05) is 44.3 Å². The van der Waals surface area contributed by atoms with Gasteiger partial charge >= 0.3 is 0 Å². The number of aromatic nitrogens is 3. The third kappa shape index (κ3) is 5.47. The standard InChI is InChI=1S/C50H34N4O/c1-50(2)41-28-35(34-19-23-45-39(27-34)40-30-37(51-3)22-24-46(40)54(45)38-17-11-6-12-18-38)20-25-47(41)55-48-26-21-36(29-42(48)50)49-52-43(32-13-7-4-8-14-32)31-44(53-49)33-15-9-5-10-16-33/h4-31H,1-2H3. The Labute approximate surface area is 319 Å². The minimum atomic E-state index is -0.383. The van der Waals surface area contributed by atoms with Gasteiger partial charge in [0.15, 0.2) is 11.5 Å². The van der Waals surface area contributed by atoms with Gasteiger partial charge in [-0.15, -0.1) is 0 Å². The minimum absolute atomic E-state index is 0.383. The molecule has 2 aromatic heterocycles. The zero-order valence-electron chi connectivity index (χ0n) is 30.4. The Bertz CT molecular complexity index is 2920. The van der Waals surface area contributed by atoms with Gasteiger partial charge in [-0.25, -0.2) is 14.8 Å². The number of hydrogen-bond donors (Lipinski definition) is 0. The van der Waals surface area contributed by atoms with E-state index in [0.717, 1.165) is 89.3 Å². The molecule has 9 aromatic rings. The first kappa shape index (κ1) is 32.4. The SMILES string of the molecule is [C-]#[N+]c1ccc2c(c1)c1cc(-c3ccc4c(c3)C(C)(C)c3cc(-c5nc(-c6ccccc6)cc(-c6ccccc6)n5)ccc3O4)ccc1n2-c1ccccc1. The summed E-state index contributed by atoms with van der Waals surface area (Å²) in [6, 6.07) is 58.5. The molecule has 0 amide bonds. The van der Waals surface area contributed by atoms with Gasteiger partial charge in [0.25, 0.3) is 0 Å².